The number of hydrogen-bond acceptors (Lipinski definition) is 5. The van der Waals surface area contributed by atoms with E-state index in [1.165, 1.54) is 31.4 Å². The number of methoxy groups -OCH3 is 1. The van der Waals surface area contributed by atoms with Crippen LogP contribution in [0.15, 0.2) is 24.3 Å². The minimum Gasteiger partial charge on any atom is -0.480 e. The summed E-state index contributed by atoms with van der Waals surface area (Å²) in [7, 11) is -2.48. The van der Waals surface area contributed by atoms with Crippen molar-refractivity contribution in [1.82, 2.24) is 4.31 Å². The zero-order valence-corrected chi connectivity index (χ0v) is 13.3. The maximum Gasteiger partial charge on any atom is 0.337 e. The second kappa shape index (κ2) is 7.90. The fraction of sp³-hybridized carbons (Fsp3) is 0.429. The molecular weight excluding hydrogens is 310 g/mol. The molecule has 0 spiro atoms. The first-order valence-electron chi connectivity index (χ1n) is 6.67. The van der Waals surface area contributed by atoms with Crippen molar-refractivity contribution < 1.29 is 27.9 Å². The molecule has 0 aliphatic carbocycles. The summed E-state index contributed by atoms with van der Waals surface area (Å²) in [6.45, 7) is 1.36. The van der Waals surface area contributed by atoms with E-state index in [1.54, 1.807) is 6.92 Å². The molecule has 0 radical (unpaired) electrons. The number of esters is 1. The first-order valence-corrected chi connectivity index (χ1v) is 8.28. The number of carbonyl (C=O) groups excluding carboxylic acids is 1. The Morgan fingerprint density at radius 3 is 2.27 bits per heavy atom. The number of carbonyl (C=O) groups is 2. The van der Waals surface area contributed by atoms with Crippen molar-refractivity contribution in [1.29, 1.82) is 0 Å². The summed E-state index contributed by atoms with van der Waals surface area (Å²) in [4.78, 5) is 22.1. The van der Waals surface area contributed by atoms with Gasteiger partial charge < -0.3 is 9.84 Å². The van der Waals surface area contributed by atoms with Crippen LogP contribution < -0.4 is 0 Å². The Bertz CT molecular complexity index is 623. The highest BCUT2D eigenvalue weighted by Gasteiger charge is 2.24. The Hall–Kier alpha value is -1.93. The van der Waals surface area contributed by atoms with E-state index in [0.717, 1.165) is 4.31 Å². The van der Waals surface area contributed by atoms with E-state index in [-0.39, 0.29) is 12.3 Å². The predicted molar refractivity (Wildman–Crippen MR) is 79.9 cm³/mol. The van der Waals surface area contributed by atoms with E-state index in [9.17, 15) is 18.0 Å². The highest BCUT2D eigenvalue weighted by molar-refractivity contribution is 7.88. The third-order valence-electron chi connectivity index (χ3n) is 2.90. The van der Waals surface area contributed by atoms with Gasteiger partial charge in [0.25, 0.3) is 0 Å². The number of hydrogen-bond donors (Lipinski definition) is 1. The Kier molecular flexibility index (Phi) is 6.51. The fourth-order valence-corrected chi connectivity index (χ4v) is 3.44. The van der Waals surface area contributed by atoms with Crippen molar-refractivity contribution in [3.05, 3.63) is 35.4 Å². The second-order valence-electron chi connectivity index (χ2n) is 4.67. The number of carboxylic acids is 1. The van der Waals surface area contributed by atoms with E-state index in [1.807, 2.05) is 0 Å². The molecule has 22 heavy (non-hydrogen) atoms. The molecule has 1 aromatic rings. The van der Waals surface area contributed by atoms with E-state index in [2.05, 4.69) is 4.74 Å². The van der Waals surface area contributed by atoms with Crippen LogP contribution >= 0.6 is 0 Å². The van der Waals surface area contributed by atoms with Crippen LogP contribution in [0.5, 0.6) is 0 Å². The lowest BCUT2D eigenvalue weighted by atomic mass is 10.1. The Balaban J connectivity index is 2.90. The normalized spacial score (nSPS) is 11.4. The second-order valence-corrected chi connectivity index (χ2v) is 6.64. The molecule has 0 saturated heterocycles. The van der Waals surface area contributed by atoms with Crippen LogP contribution in [0.1, 0.15) is 29.3 Å². The van der Waals surface area contributed by atoms with Crippen molar-refractivity contribution in [2.75, 3.05) is 20.2 Å². The number of benzene rings is 1. The van der Waals surface area contributed by atoms with Gasteiger partial charge in [0.05, 0.1) is 18.4 Å². The van der Waals surface area contributed by atoms with E-state index in [4.69, 9.17) is 5.11 Å². The molecule has 0 fully saturated rings. The summed E-state index contributed by atoms with van der Waals surface area (Å²) >= 11 is 0. The first kappa shape index (κ1) is 18.1. The van der Waals surface area contributed by atoms with Crippen molar-refractivity contribution >= 4 is 22.0 Å². The topological polar surface area (TPSA) is 101 Å². The first-order chi connectivity index (χ1) is 10.3. The molecule has 0 saturated carbocycles. The number of ether oxygens (including phenoxy) is 1. The minimum absolute atomic E-state index is 0.148. The van der Waals surface area contributed by atoms with Gasteiger partial charge in [0.2, 0.25) is 10.0 Å². The molecule has 122 valence electrons. The standard InChI is InChI=1S/C14H19NO6S/c1-3-8-15(9-13(16)17)22(19,20)10-11-4-6-12(7-5-11)14(18)21-2/h4-7H,3,8-10H2,1-2H3,(H,16,17). The number of nitrogens with zero attached hydrogens (tertiary/aromatic N) is 1. The van der Waals surface area contributed by atoms with Gasteiger partial charge in [-0.05, 0) is 24.1 Å². The van der Waals surface area contributed by atoms with Gasteiger partial charge in [0.1, 0.15) is 6.54 Å². The summed E-state index contributed by atoms with van der Waals surface area (Å²) in [5, 5.41) is 8.81. The molecule has 0 unspecified atom stereocenters. The predicted octanol–water partition coefficient (Wildman–Crippen LogP) is 1.10. The maximum absolute atomic E-state index is 12.3. The van der Waals surface area contributed by atoms with E-state index in [0.29, 0.717) is 17.5 Å². The number of sulfonamides is 1. The lowest BCUT2D eigenvalue weighted by Crippen LogP contribution is -2.37. The van der Waals surface area contributed by atoms with Gasteiger partial charge in [0, 0.05) is 6.54 Å². The van der Waals surface area contributed by atoms with Crippen LogP contribution in [0.25, 0.3) is 0 Å². The van der Waals surface area contributed by atoms with Gasteiger partial charge in [0.15, 0.2) is 0 Å². The van der Waals surface area contributed by atoms with Gasteiger partial charge in [-0.3, -0.25) is 4.79 Å². The third-order valence-corrected chi connectivity index (χ3v) is 4.70. The highest BCUT2D eigenvalue weighted by atomic mass is 32.2. The van der Waals surface area contributed by atoms with Gasteiger partial charge in [-0.15, -0.1) is 0 Å². The average molecular weight is 329 g/mol. The van der Waals surface area contributed by atoms with Crippen molar-refractivity contribution in [2.24, 2.45) is 0 Å². The zero-order chi connectivity index (χ0) is 16.8. The molecule has 1 N–H and O–H groups in total. The van der Waals surface area contributed by atoms with Crippen LogP contribution in [0.2, 0.25) is 0 Å². The van der Waals surface area contributed by atoms with Crippen LogP contribution in [0.3, 0.4) is 0 Å². The van der Waals surface area contributed by atoms with Crippen molar-refractivity contribution in [3.8, 4) is 0 Å². The molecule has 8 heteroatoms. The molecule has 1 aromatic carbocycles. The fourth-order valence-electron chi connectivity index (χ4n) is 1.87. The van der Waals surface area contributed by atoms with Crippen LogP contribution in [-0.4, -0.2) is 50.0 Å². The summed E-state index contributed by atoms with van der Waals surface area (Å²) < 4.78 is 30.1. The lowest BCUT2D eigenvalue weighted by molar-refractivity contribution is -0.137. The van der Waals surface area contributed by atoms with Crippen LogP contribution in [0, 0.1) is 0 Å². The quantitative estimate of drug-likeness (QED) is 0.717. The largest absolute Gasteiger partial charge is 0.480 e. The molecule has 0 aliphatic rings. The van der Waals surface area contributed by atoms with Gasteiger partial charge in [-0.2, -0.15) is 4.31 Å². The van der Waals surface area contributed by atoms with E-state index < -0.39 is 28.5 Å². The summed E-state index contributed by atoms with van der Waals surface area (Å²) in [6.07, 6.45) is 0.522. The molecule has 0 aromatic heterocycles. The number of carboxylic acid groups (broad SMARTS) is 1. The number of aliphatic carboxylic acids is 1. The maximum atomic E-state index is 12.3. The molecule has 0 aliphatic heterocycles. The highest BCUT2D eigenvalue weighted by Crippen LogP contribution is 2.13. The number of rotatable bonds is 8. The van der Waals surface area contributed by atoms with E-state index >= 15 is 0 Å². The molecule has 0 amide bonds. The Labute approximate surface area is 129 Å². The summed E-state index contributed by atoms with van der Waals surface area (Å²) in [5.41, 5.74) is 0.791. The molecule has 7 nitrogen and oxygen atoms in total. The average Bonchev–Trinajstić information content (AvgIpc) is 2.46. The summed E-state index contributed by atoms with van der Waals surface area (Å²) in [6, 6.07) is 5.96. The zero-order valence-electron chi connectivity index (χ0n) is 12.5. The SMILES string of the molecule is CCCN(CC(=O)O)S(=O)(=O)Cc1ccc(C(=O)OC)cc1. The van der Waals surface area contributed by atoms with Crippen molar-refractivity contribution in [2.45, 2.75) is 19.1 Å². The lowest BCUT2D eigenvalue weighted by Gasteiger charge is -2.19. The van der Waals surface area contributed by atoms with Crippen LogP contribution in [0.4, 0.5) is 0 Å². The summed E-state index contributed by atoms with van der Waals surface area (Å²) in [5.74, 6) is -2.02. The van der Waals surface area contributed by atoms with Crippen LogP contribution in [-0.2, 0) is 25.3 Å². The Morgan fingerprint density at radius 2 is 1.82 bits per heavy atom. The molecular formula is C14H19NO6S. The minimum atomic E-state index is -3.73. The van der Waals surface area contributed by atoms with Gasteiger partial charge in [-0.25, -0.2) is 13.2 Å². The third kappa shape index (κ3) is 5.12. The molecule has 1 rings (SSSR count). The Morgan fingerprint density at radius 1 is 1.23 bits per heavy atom. The van der Waals surface area contributed by atoms with Crippen molar-refractivity contribution in [3.63, 3.8) is 0 Å². The molecule has 0 heterocycles. The molecule has 0 bridgehead atoms. The smallest absolute Gasteiger partial charge is 0.337 e. The van der Waals surface area contributed by atoms with Gasteiger partial charge in [-0.1, -0.05) is 19.1 Å². The monoisotopic (exact) mass is 329 g/mol. The molecule has 0 atom stereocenters. The van der Waals surface area contributed by atoms with Gasteiger partial charge >= 0.3 is 11.9 Å².